The molecule has 0 amide bonds. The molecule has 3 rings (SSSR count). The van der Waals surface area contributed by atoms with Crippen LogP contribution in [0, 0.1) is 13.8 Å². The fraction of sp³-hybridized carbons (Fsp3) is 0.158. The van der Waals surface area contributed by atoms with Crippen LogP contribution < -0.4 is 0 Å². The second-order valence-electron chi connectivity index (χ2n) is 5.72. The number of hydrogen-bond acceptors (Lipinski definition) is 4. The summed E-state index contributed by atoms with van der Waals surface area (Å²) in [6, 6.07) is 8.54. The van der Waals surface area contributed by atoms with Gasteiger partial charge in [-0.3, -0.25) is 14.8 Å². The first-order valence-electron chi connectivity index (χ1n) is 7.49. The molecule has 1 N–H and O–H groups in total. The highest BCUT2D eigenvalue weighted by molar-refractivity contribution is 6.08. The topological polar surface area (TPSA) is 79.6 Å². The molecular formula is C19H16N2O3. The molecule has 0 fully saturated rings. The van der Waals surface area contributed by atoms with Crippen molar-refractivity contribution in [1.29, 1.82) is 0 Å². The summed E-state index contributed by atoms with van der Waals surface area (Å²) in [5.41, 5.74) is 1.75. The summed E-state index contributed by atoms with van der Waals surface area (Å²) in [4.78, 5) is 32.8. The van der Waals surface area contributed by atoms with E-state index in [0.29, 0.717) is 11.3 Å². The molecule has 24 heavy (non-hydrogen) atoms. The third-order valence-electron chi connectivity index (χ3n) is 4.30. The van der Waals surface area contributed by atoms with Crippen molar-refractivity contribution in [2.75, 3.05) is 0 Å². The fourth-order valence-corrected chi connectivity index (χ4v) is 2.74. The van der Waals surface area contributed by atoms with E-state index in [-0.39, 0.29) is 11.3 Å². The highest BCUT2D eigenvalue weighted by Crippen LogP contribution is 2.34. The number of carboxylic acid groups (broad SMARTS) is 1. The average molecular weight is 320 g/mol. The monoisotopic (exact) mass is 320 g/mol. The SMILES string of the molecule is Cc1cccc(C(=O)C2(c3ccc(C(=O)O)cn3)C=CC=N2)c1C. The van der Waals surface area contributed by atoms with E-state index >= 15 is 0 Å². The number of aromatic nitrogens is 1. The number of rotatable bonds is 4. The zero-order chi connectivity index (χ0) is 17.3. The van der Waals surface area contributed by atoms with Gasteiger partial charge in [-0.15, -0.1) is 0 Å². The zero-order valence-electron chi connectivity index (χ0n) is 13.4. The van der Waals surface area contributed by atoms with Crippen molar-refractivity contribution in [1.82, 2.24) is 4.98 Å². The Morgan fingerprint density at radius 2 is 1.92 bits per heavy atom. The Balaban J connectivity index is 2.11. The van der Waals surface area contributed by atoms with Gasteiger partial charge in [0, 0.05) is 18.0 Å². The molecule has 1 atom stereocenters. The minimum Gasteiger partial charge on any atom is -0.478 e. The Morgan fingerprint density at radius 1 is 1.12 bits per heavy atom. The van der Waals surface area contributed by atoms with Crippen molar-refractivity contribution >= 4 is 18.0 Å². The lowest BCUT2D eigenvalue weighted by atomic mass is 9.84. The number of nitrogens with zero attached hydrogens (tertiary/aromatic N) is 2. The molecule has 0 spiro atoms. The molecule has 0 bridgehead atoms. The van der Waals surface area contributed by atoms with E-state index in [9.17, 15) is 9.59 Å². The maximum absolute atomic E-state index is 13.2. The number of Topliss-reactive ketones (excluding diaryl/α,β-unsaturated/α-hetero) is 1. The summed E-state index contributed by atoms with van der Waals surface area (Å²) in [5, 5.41) is 9.01. The predicted octanol–water partition coefficient (Wildman–Crippen LogP) is 3.12. The van der Waals surface area contributed by atoms with Gasteiger partial charge in [0.1, 0.15) is 0 Å². The lowest BCUT2D eigenvalue weighted by Crippen LogP contribution is -2.32. The minimum absolute atomic E-state index is 0.0686. The Hall–Kier alpha value is -3.08. The summed E-state index contributed by atoms with van der Waals surface area (Å²) >= 11 is 0. The molecule has 1 unspecified atom stereocenters. The van der Waals surface area contributed by atoms with Crippen LogP contribution in [0.25, 0.3) is 0 Å². The van der Waals surface area contributed by atoms with Gasteiger partial charge in [0.15, 0.2) is 5.54 Å². The molecule has 0 saturated carbocycles. The first kappa shape index (κ1) is 15.8. The molecule has 0 saturated heterocycles. The first-order chi connectivity index (χ1) is 11.5. The van der Waals surface area contributed by atoms with Crippen LogP contribution in [-0.2, 0) is 5.54 Å². The minimum atomic E-state index is -1.24. The Bertz CT molecular complexity index is 868. The maximum atomic E-state index is 13.2. The van der Waals surface area contributed by atoms with Crippen molar-refractivity contribution in [2.24, 2.45) is 4.99 Å². The van der Waals surface area contributed by atoms with Gasteiger partial charge >= 0.3 is 5.97 Å². The Morgan fingerprint density at radius 3 is 2.50 bits per heavy atom. The van der Waals surface area contributed by atoms with Crippen molar-refractivity contribution in [3.8, 4) is 0 Å². The summed E-state index contributed by atoms with van der Waals surface area (Å²) in [6.07, 6.45) is 6.21. The summed E-state index contributed by atoms with van der Waals surface area (Å²) in [7, 11) is 0. The fourth-order valence-electron chi connectivity index (χ4n) is 2.74. The number of aromatic carboxylic acids is 1. The lowest BCUT2D eigenvalue weighted by molar-refractivity contribution is 0.0696. The second kappa shape index (κ2) is 5.85. The first-order valence-corrected chi connectivity index (χ1v) is 7.49. The van der Waals surface area contributed by atoms with E-state index in [1.807, 2.05) is 26.0 Å². The molecule has 120 valence electrons. The highest BCUT2D eigenvalue weighted by Gasteiger charge is 2.41. The van der Waals surface area contributed by atoms with Crippen LogP contribution in [0.4, 0.5) is 0 Å². The van der Waals surface area contributed by atoms with Gasteiger partial charge in [0.05, 0.1) is 11.3 Å². The Labute approximate surface area is 139 Å². The van der Waals surface area contributed by atoms with Gasteiger partial charge in [0.2, 0.25) is 5.78 Å². The van der Waals surface area contributed by atoms with Crippen LogP contribution in [0.15, 0.2) is 53.7 Å². The van der Waals surface area contributed by atoms with Gasteiger partial charge in [0.25, 0.3) is 0 Å². The van der Waals surface area contributed by atoms with Crippen molar-refractivity contribution in [3.05, 3.63) is 76.6 Å². The van der Waals surface area contributed by atoms with Crippen LogP contribution >= 0.6 is 0 Å². The van der Waals surface area contributed by atoms with Crippen molar-refractivity contribution in [2.45, 2.75) is 19.4 Å². The molecule has 2 aromatic rings. The normalized spacial score (nSPS) is 18.8. The molecule has 5 heteroatoms. The molecule has 1 aromatic carbocycles. The van der Waals surface area contributed by atoms with E-state index in [2.05, 4.69) is 9.98 Å². The van der Waals surface area contributed by atoms with E-state index in [4.69, 9.17) is 5.11 Å². The molecule has 2 heterocycles. The Kier molecular flexibility index (Phi) is 3.85. The molecule has 5 nitrogen and oxygen atoms in total. The van der Waals surface area contributed by atoms with E-state index in [1.54, 1.807) is 30.5 Å². The van der Waals surface area contributed by atoms with Gasteiger partial charge in [-0.05, 0) is 49.3 Å². The van der Waals surface area contributed by atoms with Gasteiger partial charge in [-0.25, -0.2) is 4.79 Å². The maximum Gasteiger partial charge on any atom is 0.337 e. The number of ketones is 1. The number of hydrogen-bond donors (Lipinski definition) is 1. The number of carboxylic acids is 1. The summed E-state index contributed by atoms with van der Waals surface area (Å²) in [5.74, 6) is -1.24. The van der Waals surface area contributed by atoms with Gasteiger partial charge < -0.3 is 5.11 Å². The number of aryl methyl sites for hydroxylation is 1. The van der Waals surface area contributed by atoms with Crippen LogP contribution in [0.1, 0.15) is 37.5 Å². The third-order valence-corrected chi connectivity index (χ3v) is 4.30. The van der Waals surface area contributed by atoms with Gasteiger partial charge in [-0.2, -0.15) is 0 Å². The van der Waals surface area contributed by atoms with Crippen molar-refractivity contribution < 1.29 is 14.7 Å². The highest BCUT2D eigenvalue weighted by atomic mass is 16.4. The van der Waals surface area contributed by atoms with E-state index in [1.165, 1.54) is 12.3 Å². The summed E-state index contributed by atoms with van der Waals surface area (Å²) in [6.45, 7) is 3.85. The number of aliphatic imine (C=N–C) groups is 1. The quantitative estimate of drug-likeness (QED) is 0.878. The molecule has 1 aromatic heterocycles. The molecule has 0 aliphatic carbocycles. The standard InChI is InChI=1S/C19H16N2O3/c1-12-5-3-6-15(13(12)2)17(22)19(9-4-10-21-19)16-8-7-14(11-20-16)18(23)24/h3-11H,1-2H3,(H,23,24). The van der Waals surface area contributed by atoms with Crippen LogP contribution in [-0.4, -0.2) is 28.1 Å². The number of pyridine rings is 1. The molecule has 1 aliphatic rings. The van der Waals surface area contributed by atoms with E-state index in [0.717, 1.165) is 11.1 Å². The number of allylic oxidation sites excluding steroid dienone is 1. The van der Waals surface area contributed by atoms with E-state index < -0.39 is 11.5 Å². The molecular weight excluding hydrogens is 304 g/mol. The number of benzene rings is 1. The lowest BCUT2D eigenvalue weighted by Gasteiger charge is -2.23. The largest absolute Gasteiger partial charge is 0.478 e. The average Bonchev–Trinajstić information content (AvgIpc) is 3.08. The van der Waals surface area contributed by atoms with Crippen molar-refractivity contribution in [3.63, 3.8) is 0 Å². The summed E-state index contributed by atoms with van der Waals surface area (Å²) < 4.78 is 0. The van der Waals surface area contributed by atoms with Crippen LogP contribution in [0.5, 0.6) is 0 Å². The second-order valence-corrected chi connectivity index (χ2v) is 5.72. The predicted molar refractivity (Wildman–Crippen MR) is 90.8 cm³/mol. The number of carbonyl (C=O) groups excluding carboxylic acids is 1. The number of carbonyl (C=O) groups is 2. The molecule has 1 aliphatic heterocycles. The van der Waals surface area contributed by atoms with Crippen LogP contribution in [0.3, 0.4) is 0 Å². The van der Waals surface area contributed by atoms with Crippen LogP contribution in [0.2, 0.25) is 0 Å². The van der Waals surface area contributed by atoms with Gasteiger partial charge in [-0.1, -0.05) is 18.2 Å². The smallest absolute Gasteiger partial charge is 0.337 e. The zero-order valence-corrected chi connectivity index (χ0v) is 13.4. The molecule has 0 radical (unpaired) electrons. The third kappa shape index (κ3) is 2.44.